The highest BCUT2D eigenvalue weighted by Crippen LogP contribution is 2.07. The summed E-state index contributed by atoms with van der Waals surface area (Å²) in [5, 5.41) is 6.48. The molecule has 0 aromatic carbocycles. The van der Waals surface area contributed by atoms with Crippen LogP contribution in [0.3, 0.4) is 0 Å². The van der Waals surface area contributed by atoms with E-state index in [1.54, 1.807) is 0 Å². The summed E-state index contributed by atoms with van der Waals surface area (Å²) in [5.74, 6) is 3.23. The van der Waals surface area contributed by atoms with E-state index in [1.165, 1.54) is 12.8 Å². The molecular weight excluding hydrogens is 232 g/mol. The van der Waals surface area contributed by atoms with Gasteiger partial charge in [-0.15, -0.1) is 12.3 Å². The van der Waals surface area contributed by atoms with Gasteiger partial charge in [-0.3, -0.25) is 0 Å². The molecule has 0 amide bonds. The molecule has 0 rings (SSSR count). The van der Waals surface area contributed by atoms with Crippen molar-refractivity contribution in [1.29, 1.82) is 0 Å². The fourth-order valence-corrected chi connectivity index (χ4v) is 1.63. The van der Waals surface area contributed by atoms with Crippen LogP contribution in [0.2, 0.25) is 0 Å². The van der Waals surface area contributed by atoms with Gasteiger partial charge in [-0.2, -0.15) is 0 Å². The Morgan fingerprint density at radius 1 is 1.37 bits per heavy atom. The summed E-state index contributed by atoms with van der Waals surface area (Å²) < 4.78 is 0. The molecule has 0 fully saturated rings. The molecule has 0 radical (unpaired) electrons. The van der Waals surface area contributed by atoms with Gasteiger partial charge in [0.2, 0.25) is 0 Å². The first-order valence-electron chi connectivity index (χ1n) is 7.06. The molecule has 1 atom stereocenters. The molecule has 19 heavy (non-hydrogen) atoms. The monoisotopic (exact) mass is 260 g/mol. The van der Waals surface area contributed by atoms with Gasteiger partial charge in [-0.1, -0.05) is 39.5 Å². The maximum Gasteiger partial charge on any atom is 0.0541 e. The highest BCUT2D eigenvalue weighted by Gasteiger charge is 1.96. The molecular formula is C17H28N2. The lowest BCUT2D eigenvalue weighted by atomic mass is 10.1. The third-order valence-electron chi connectivity index (χ3n) is 2.77. The number of nitrogens with one attached hydrogen (secondary N) is 2. The van der Waals surface area contributed by atoms with Crippen molar-refractivity contribution in [2.45, 2.75) is 39.5 Å². The number of unbranched alkanes of at least 4 members (excludes halogenated alkanes) is 1. The van der Waals surface area contributed by atoms with E-state index in [9.17, 15) is 0 Å². The van der Waals surface area contributed by atoms with E-state index < -0.39 is 0 Å². The second-order valence-corrected chi connectivity index (χ2v) is 4.84. The summed E-state index contributed by atoms with van der Waals surface area (Å²) in [4.78, 5) is 0. The lowest BCUT2D eigenvalue weighted by Crippen LogP contribution is -2.24. The predicted molar refractivity (Wildman–Crippen MR) is 85.6 cm³/mol. The molecule has 1 unspecified atom stereocenters. The Morgan fingerprint density at radius 2 is 2.11 bits per heavy atom. The molecule has 2 heteroatoms. The third-order valence-corrected chi connectivity index (χ3v) is 2.77. The van der Waals surface area contributed by atoms with Crippen molar-refractivity contribution in [1.82, 2.24) is 10.6 Å². The summed E-state index contributed by atoms with van der Waals surface area (Å²) in [6.45, 7) is 13.9. The number of hydrogen-bond acceptors (Lipinski definition) is 2. The fraction of sp³-hybridized carbons (Fsp3) is 0.529. The van der Waals surface area contributed by atoms with Crippen LogP contribution in [0.15, 0.2) is 36.7 Å². The molecule has 0 aromatic heterocycles. The average molecular weight is 260 g/mol. The second-order valence-electron chi connectivity index (χ2n) is 4.84. The molecule has 2 N–H and O–H groups in total. The minimum Gasteiger partial charge on any atom is -0.387 e. The standard InChI is InChI=1S/C17H28N2/c1-6-8-9-13-18-17(5)14-19-16(4)12-11-15(3)10-7-2/h1,11-12,15,18-19H,4-5,7-10,13-14H2,2-3H3/b12-11+. The molecule has 2 nitrogen and oxygen atoms in total. The van der Waals surface area contributed by atoms with E-state index in [0.29, 0.717) is 12.5 Å². The van der Waals surface area contributed by atoms with Gasteiger partial charge < -0.3 is 10.6 Å². The Morgan fingerprint density at radius 3 is 2.74 bits per heavy atom. The third kappa shape index (κ3) is 11.2. The zero-order chi connectivity index (χ0) is 14.5. The first-order chi connectivity index (χ1) is 9.10. The van der Waals surface area contributed by atoms with Crippen molar-refractivity contribution in [3.8, 4) is 12.3 Å². The minimum absolute atomic E-state index is 0.605. The Balaban J connectivity index is 3.72. The summed E-state index contributed by atoms with van der Waals surface area (Å²) in [5.41, 5.74) is 1.89. The number of rotatable bonds is 11. The van der Waals surface area contributed by atoms with E-state index in [-0.39, 0.29) is 0 Å². The highest BCUT2D eigenvalue weighted by molar-refractivity contribution is 5.14. The molecule has 106 valence electrons. The molecule has 0 bridgehead atoms. The molecule has 0 aliphatic heterocycles. The van der Waals surface area contributed by atoms with Crippen molar-refractivity contribution < 1.29 is 0 Å². The predicted octanol–water partition coefficient (Wildman–Crippen LogP) is 3.60. The summed E-state index contributed by atoms with van der Waals surface area (Å²) >= 11 is 0. The topological polar surface area (TPSA) is 24.1 Å². The van der Waals surface area contributed by atoms with Crippen LogP contribution in [-0.4, -0.2) is 13.1 Å². The van der Waals surface area contributed by atoms with Gasteiger partial charge in [-0.05, 0) is 24.8 Å². The minimum atomic E-state index is 0.605. The molecule has 0 heterocycles. The van der Waals surface area contributed by atoms with Gasteiger partial charge in [0, 0.05) is 24.4 Å². The number of terminal acetylenes is 1. The van der Waals surface area contributed by atoms with E-state index in [0.717, 1.165) is 30.8 Å². The van der Waals surface area contributed by atoms with Crippen LogP contribution in [0.1, 0.15) is 39.5 Å². The van der Waals surface area contributed by atoms with Crippen LogP contribution in [0, 0.1) is 18.3 Å². The maximum absolute atomic E-state index is 5.19. The van der Waals surface area contributed by atoms with Crippen molar-refractivity contribution >= 4 is 0 Å². The SMILES string of the molecule is C#CCCCNC(=C)CNC(=C)/C=C/C(C)CCC. The molecule has 0 aliphatic rings. The lowest BCUT2D eigenvalue weighted by Gasteiger charge is -2.11. The van der Waals surface area contributed by atoms with Gasteiger partial charge >= 0.3 is 0 Å². The van der Waals surface area contributed by atoms with Gasteiger partial charge in [-0.25, -0.2) is 0 Å². The average Bonchev–Trinajstić information content (AvgIpc) is 2.39. The Hall–Kier alpha value is -1.62. The summed E-state index contributed by atoms with van der Waals surface area (Å²) in [6, 6.07) is 0. The first kappa shape index (κ1) is 17.4. The van der Waals surface area contributed by atoms with Crippen LogP contribution in [0.25, 0.3) is 0 Å². The highest BCUT2D eigenvalue weighted by atomic mass is 15.0. The molecule has 0 saturated carbocycles. The quantitative estimate of drug-likeness (QED) is 0.337. The van der Waals surface area contributed by atoms with Gasteiger partial charge in [0.25, 0.3) is 0 Å². The van der Waals surface area contributed by atoms with E-state index in [1.807, 2.05) is 6.08 Å². The van der Waals surface area contributed by atoms with E-state index in [4.69, 9.17) is 6.42 Å². The summed E-state index contributed by atoms with van der Waals surface area (Å²) in [7, 11) is 0. The Labute approximate surface area is 119 Å². The first-order valence-corrected chi connectivity index (χ1v) is 7.06. The zero-order valence-electron chi connectivity index (χ0n) is 12.5. The molecule has 0 spiro atoms. The van der Waals surface area contributed by atoms with Crippen molar-refractivity contribution in [2.75, 3.05) is 13.1 Å². The molecule has 0 aromatic rings. The van der Waals surface area contributed by atoms with Crippen LogP contribution in [0.5, 0.6) is 0 Å². The fourth-order valence-electron chi connectivity index (χ4n) is 1.63. The maximum atomic E-state index is 5.19. The normalized spacial score (nSPS) is 11.8. The van der Waals surface area contributed by atoms with Crippen LogP contribution in [-0.2, 0) is 0 Å². The molecule has 0 saturated heterocycles. The van der Waals surface area contributed by atoms with E-state index >= 15 is 0 Å². The van der Waals surface area contributed by atoms with Crippen molar-refractivity contribution in [3.05, 3.63) is 36.7 Å². The Kier molecular flexibility index (Phi) is 10.5. The van der Waals surface area contributed by atoms with Gasteiger partial charge in [0.1, 0.15) is 0 Å². The van der Waals surface area contributed by atoms with Crippen LogP contribution >= 0.6 is 0 Å². The van der Waals surface area contributed by atoms with Gasteiger partial charge in [0.15, 0.2) is 0 Å². The largest absolute Gasteiger partial charge is 0.387 e. The van der Waals surface area contributed by atoms with Gasteiger partial charge in [0.05, 0.1) is 6.54 Å². The lowest BCUT2D eigenvalue weighted by molar-refractivity contribution is 0.633. The van der Waals surface area contributed by atoms with Crippen molar-refractivity contribution in [3.63, 3.8) is 0 Å². The number of allylic oxidation sites excluding steroid dienone is 2. The van der Waals surface area contributed by atoms with E-state index in [2.05, 4.69) is 49.6 Å². The molecule has 0 aliphatic carbocycles. The van der Waals surface area contributed by atoms with Crippen molar-refractivity contribution in [2.24, 2.45) is 5.92 Å². The smallest absolute Gasteiger partial charge is 0.0541 e. The number of hydrogen-bond donors (Lipinski definition) is 2. The zero-order valence-corrected chi connectivity index (χ0v) is 12.5. The van der Waals surface area contributed by atoms with Crippen LogP contribution < -0.4 is 10.6 Å². The van der Waals surface area contributed by atoms with Crippen LogP contribution in [0.4, 0.5) is 0 Å². The summed E-state index contributed by atoms with van der Waals surface area (Å²) in [6.07, 6.45) is 13.6. The second kappa shape index (κ2) is 11.5. The Bertz CT molecular complexity index is 334.